The highest BCUT2D eigenvalue weighted by Gasteiger charge is 2.26. The monoisotopic (exact) mass is 776 g/mol. The van der Waals surface area contributed by atoms with Crippen molar-refractivity contribution in [3.8, 4) is 44.5 Å². The third-order valence-electron chi connectivity index (χ3n) is 12.7. The Balaban J connectivity index is 0.929. The van der Waals surface area contributed by atoms with Crippen molar-refractivity contribution in [3.63, 3.8) is 0 Å². The molecule has 12 rings (SSSR count). The number of para-hydroxylation sites is 2. The molecular weight excluding hydrogens is 737 g/mol. The molecule has 0 saturated carbocycles. The molecule has 10 aromatic rings. The number of aliphatic imine (C=N–C) groups is 1. The van der Waals surface area contributed by atoms with Crippen LogP contribution >= 0.6 is 0 Å². The summed E-state index contributed by atoms with van der Waals surface area (Å²) in [5.74, 6) is 0. The highest BCUT2D eigenvalue weighted by Crippen LogP contribution is 2.48. The summed E-state index contributed by atoms with van der Waals surface area (Å²) in [6, 6.07) is 79.7. The molecule has 0 fully saturated rings. The van der Waals surface area contributed by atoms with E-state index in [9.17, 15) is 0 Å². The van der Waals surface area contributed by atoms with E-state index in [2.05, 4.69) is 223 Å². The summed E-state index contributed by atoms with van der Waals surface area (Å²) in [6.45, 7) is 0. The van der Waals surface area contributed by atoms with E-state index in [0.717, 1.165) is 41.3 Å². The molecule has 2 aliphatic rings. The summed E-state index contributed by atoms with van der Waals surface area (Å²) in [5, 5.41) is 5.07. The Bertz CT molecular complexity index is 3330. The van der Waals surface area contributed by atoms with Crippen molar-refractivity contribution in [2.75, 3.05) is 4.90 Å². The number of hydrogen-bond acceptors (Lipinski definition) is 2. The van der Waals surface area contributed by atoms with Gasteiger partial charge in [-0.25, -0.2) is 0 Å². The van der Waals surface area contributed by atoms with Gasteiger partial charge < -0.3 is 4.90 Å². The Labute approximate surface area is 356 Å². The van der Waals surface area contributed by atoms with Crippen molar-refractivity contribution in [2.45, 2.75) is 12.8 Å². The standard InChI is InChI=1S/C59H40N2/c1-3-13-39(14-4-1)40-25-29-47(30-26-40)61(46-17-5-2-6-18-46)48-31-27-41(28-32-48)54-35-42-15-7-9-19-50(42)59-55-36-43(23-24-44(55)37-56(54)59)49-33-34-53(52-21-11-10-20-51(49)52)58-38-45-16-8-12-22-57(45)60-58/h1-36H,37-38H2. The van der Waals surface area contributed by atoms with Gasteiger partial charge in [0.15, 0.2) is 0 Å². The van der Waals surface area contributed by atoms with E-state index in [1.54, 1.807) is 0 Å². The predicted molar refractivity (Wildman–Crippen MR) is 257 cm³/mol. The molecule has 1 aliphatic carbocycles. The van der Waals surface area contributed by atoms with E-state index in [1.165, 1.54) is 88.3 Å². The molecule has 0 N–H and O–H groups in total. The topological polar surface area (TPSA) is 15.6 Å². The summed E-state index contributed by atoms with van der Waals surface area (Å²) < 4.78 is 0. The zero-order valence-electron chi connectivity index (χ0n) is 33.6. The third kappa shape index (κ3) is 6.07. The molecule has 0 bridgehead atoms. The molecule has 1 aliphatic heterocycles. The Morgan fingerprint density at radius 3 is 1.67 bits per heavy atom. The summed E-state index contributed by atoms with van der Waals surface area (Å²) >= 11 is 0. The Morgan fingerprint density at radius 2 is 0.918 bits per heavy atom. The van der Waals surface area contributed by atoms with Crippen molar-refractivity contribution in [1.29, 1.82) is 0 Å². The number of rotatable bonds is 7. The minimum Gasteiger partial charge on any atom is -0.311 e. The number of anilines is 3. The average molecular weight is 777 g/mol. The second-order valence-corrected chi connectivity index (χ2v) is 16.2. The predicted octanol–water partition coefficient (Wildman–Crippen LogP) is 15.7. The Morgan fingerprint density at radius 1 is 0.344 bits per heavy atom. The summed E-state index contributed by atoms with van der Waals surface area (Å²) in [5.41, 5.74) is 21.0. The first-order valence-electron chi connectivity index (χ1n) is 21.2. The lowest BCUT2D eigenvalue weighted by atomic mass is 9.89. The van der Waals surface area contributed by atoms with Crippen molar-refractivity contribution >= 4 is 50.0 Å². The van der Waals surface area contributed by atoms with Gasteiger partial charge in [-0.2, -0.15) is 0 Å². The van der Waals surface area contributed by atoms with E-state index in [1.807, 2.05) is 0 Å². The SMILES string of the molecule is c1ccc(-c2ccc(N(c3ccccc3)c3ccc(-c4cc5ccccc5c5c4Cc4ccc(-c6ccc(C7=Nc8ccccc8C7)c7ccccc67)cc4-5)cc3)cc2)cc1. The van der Waals surface area contributed by atoms with Crippen LogP contribution in [0.2, 0.25) is 0 Å². The van der Waals surface area contributed by atoms with Gasteiger partial charge in [-0.3, -0.25) is 4.99 Å². The van der Waals surface area contributed by atoms with Crippen LogP contribution in [0, 0.1) is 0 Å². The summed E-state index contributed by atoms with van der Waals surface area (Å²) in [4.78, 5) is 7.42. The van der Waals surface area contributed by atoms with Crippen LogP contribution in [0.15, 0.2) is 223 Å². The minimum absolute atomic E-state index is 0.863. The summed E-state index contributed by atoms with van der Waals surface area (Å²) in [7, 11) is 0. The molecule has 61 heavy (non-hydrogen) atoms. The highest BCUT2D eigenvalue weighted by molar-refractivity contribution is 6.17. The maximum Gasteiger partial charge on any atom is 0.0669 e. The highest BCUT2D eigenvalue weighted by atomic mass is 15.1. The van der Waals surface area contributed by atoms with Crippen molar-refractivity contribution in [2.24, 2.45) is 4.99 Å². The van der Waals surface area contributed by atoms with E-state index in [-0.39, 0.29) is 0 Å². The maximum absolute atomic E-state index is 5.08. The van der Waals surface area contributed by atoms with Crippen molar-refractivity contribution < 1.29 is 0 Å². The lowest BCUT2D eigenvalue weighted by Gasteiger charge is -2.26. The molecular formula is C59H40N2. The normalized spacial score (nSPS) is 12.6. The first-order valence-corrected chi connectivity index (χ1v) is 21.2. The number of fused-ring (bicyclic) bond motifs is 7. The van der Waals surface area contributed by atoms with Gasteiger partial charge >= 0.3 is 0 Å². The zero-order chi connectivity index (χ0) is 40.3. The molecule has 2 nitrogen and oxygen atoms in total. The Hall–Kier alpha value is -7.81. The van der Waals surface area contributed by atoms with Crippen LogP contribution in [0.25, 0.3) is 66.1 Å². The molecule has 0 aromatic heterocycles. The van der Waals surface area contributed by atoms with Crippen LogP contribution in [0.1, 0.15) is 22.3 Å². The second kappa shape index (κ2) is 14.5. The lowest BCUT2D eigenvalue weighted by molar-refractivity contribution is 1.26. The molecule has 0 amide bonds. The van der Waals surface area contributed by atoms with Gasteiger partial charge in [-0.15, -0.1) is 0 Å². The second-order valence-electron chi connectivity index (χ2n) is 16.2. The fourth-order valence-corrected chi connectivity index (χ4v) is 9.80. The number of nitrogens with zero attached hydrogens (tertiary/aromatic N) is 2. The number of benzene rings is 10. The molecule has 0 saturated heterocycles. The van der Waals surface area contributed by atoms with Gasteiger partial charge in [0.05, 0.1) is 11.4 Å². The van der Waals surface area contributed by atoms with Crippen LogP contribution in [0.4, 0.5) is 22.7 Å². The van der Waals surface area contributed by atoms with Crippen molar-refractivity contribution in [3.05, 3.63) is 241 Å². The van der Waals surface area contributed by atoms with Crippen molar-refractivity contribution in [1.82, 2.24) is 0 Å². The zero-order valence-corrected chi connectivity index (χ0v) is 33.6. The first kappa shape index (κ1) is 35.2. The molecule has 0 atom stereocenters. The van der Waals surface area contributed by atoms with Crippen LogP contribution < -0.4 is 4.90 Å². The first-order chi connectivity index (χ1) is 30.2. The van der Waals surface area contributed by atoms with Gasteiger partial charge in [0.2, 0.25) is 0 Å². The van der Waals surface area contributed by atoms with Crippen LogP contribution in [0.5, 0.6) is 0 Å². The smallest absolute Gasteiger partial charge is 0.0669 e. The molecule has 0 unspecified atom stereocenters. The lowest BCUT2D eigenvalue weighted by Crippen LogP contribution is -2.09. The van der Waals surface area contributed by atoms with Crippen LogP contribution in [-0.2, 0) is 12.8 Å². The van der Waals surface area contributed by atoms with E-state index in [0.29, 0.717) is 0 Å². The maximum atomic E-state index is 5.08. The fraction of sp³-hybridized carbons (Fsp3) is 0.0339. The Kier molecular flexibility index (Phi) is 8.35. The van der Waals surface area contributed by atoms with Gasteiger partial charge in [0.1, 0.15) is 0 Å². The molecule has 1 heterocycles. The molecule has 286 valence electrons. The summed E-state index contributed by atoms with van der Waals surface area (Å²) in [6.07, 6.45) is 1.76. The minimum atomic E-state index is 0.863. The fourth-order valence-electron chi connectivity index (χ4n) is 9.80. The van der Waals surface area contributed by atoms with Gasteiger partial charge in [0, 0.05) is 29.0 Å². The number of hydrogen-bond donors (Lipinski definition) is 0. The molecule has 10 aromatic carbocycles. The quantitative estimate of drug-likeness (QED) is 0.157. The van der Waals surface area contributed by atoms with E-state index >= 15 is 0 Å². The van der Waals surface area contributed by atoms with E-state index < -0.39 is 0 Å². The van der Waals surface area contributed by atoms with Gasteiger partial charge in [-0.05, 0) is 144 Å². The van der Waals surface area contributed by atoms with Gasteiger partial charge in [0.25, 0.3) is 0 Å². The molecule has 0 radical (unpaired) electrons. The third-order valence-corrected chi connectivity index (χ3v) is 12.7. The largest absolute Gasteiger partial charge is 0.311 e. The molecule has 0 spiro atoms. The van der Waals surface area contributed by atoms with E-state index in [4.69, 9.17) is 4.99 Å². The average Bonchev–Trinajstić information content (AvgIpc) is 3.94. The van der Waals surface area contributed by atoms with Crippen LogP contribution in [-0.4, -0.2) is 5.71 Å². The van der Waals surface area contributed by atoms with Gasteiger partial charge in [-0.1, -0.05) is 164 Å². The van der Waals surface area contributed by atoms with Crippen LogP contribution in [0.3, 0.4) is 0 Å². The molecule has 2 heteroatoms.